The van der Waals surface area contributed by atoms with Crippen LogP contribution in [0, 0.1) is 19.7 Å². The SMILES string of the molecule is COc1nn(C)c2nc(C)c(CCC(=O)N3CCN(C(=O)c4ccc(F)cc4Cl)CC3)c(C)c12. The van der Waals surface area contributed by atoms with Crippen LogP contribution in [0.15, 0.2) is 18.2 Å². The quantitative estimate of drug-likeness (QED) is 0.551. The van der Waals surface area contributed by atoms with Crippen molar-refractivity contribution in [2.24, 2.45) is 7.05 Å². The van der Waals surface area contributed by atoms with Gasteiger partial charge in [0.2, 0.25) is 11.8 Å². The molecule has 1 saturated heterocycles. The number of benzene rings is 1. The molecule has 3 aromatic rings. The second-order valence-corrected chi connectivity index (χ2v) is 8.84. The van der Waals surface area contributed by atoms with Crippen molar-refractivity contribution in [1.82, 2.24) is 24.6 Å². The Kier molecular flexibility index (Phi) is 6.74. The van der Waals surface area contributed by atoms with Crippen molar-refractivity contribution in [3.05, 3.63) is 51.4 Å². The third-order valence-electron chi connectivity index (χ3n) is 6.39. The van der Waals surface area contributed by atoms with Gasteiger partial charge in [-0.2, -0.15) is 0 Å². The van der Waals surface area contributed by atoms with E-state index < -0.39 is 5.82 Å². The van der Waals surface area contributed by atoms with E-state index in [0.29, 0.717) is 44.9 Å². The Labute approximate surface area is 202 Å². The average Bonchev–Trinajstić information content (AvgIpc) is 3.14. The summed E-state index contributed by atoms with van der Waals surface area (Å²) in [4.78, 5) is 33.8. The molecule has 2 amide bonds. The van der Waals surface area contributed by atoms with Crippen LogP contribution in [0.5, 0.6) is 5.88 Å². The molecule has 10 heteroatoms. The summed E-state index contributed by atoms with van der Waals surface area (Å²) in [7, 11) is 3.41. The highest BCUT2D eigenvalue weighted by atomic mass is 35.5. The summed E-state index contributed by atoms with van der Waals surface area (Å²) < 4.78 is 20.4. The van der Waals surface area contributed by atoms with Crippen molar-refractivity contribution in [2.75, 3.05) is 33.3 Å². The summed E-state index contributed by atoms with van der Waals surface area (Å²) >= 11 is 6.03. The number of hydrogen-bond donors (Lipinski definition) is 0. The molecule has 0 bridgehead atoms. The van der Waals surface area contributed by atoms with Gasteiger partial charge in [-0.15, -0.1) is 5.10 Å². The lowest BCUT2D eigenvalue weighted by molar-refractivity contribution is -0.132. The first kappa shape index (κ1) is 23.9. The Morgan fingerprint density at radius 2 is 1.82 bits per heavy atom. The molecule has 3 heterocycles. The minimum atomic E-state index is -0.487. The number of piperazine rings is 1. The number of carbonyl (C=O) groups excluding carboxylic acids is 2. The molecule has 4 rings (SSSR count). The monoisotopic (exact) mass is 487 g/mol. The van der Waals surface area contributed by atoms with Crippen LogP contribution in [-0.2, 0) is 18.3 Å². The molecule has 0 unspecified atom stereocenters. The topological polar surface area (TPSA) is 80.6 Å². The van der Waals surface area contributed by atoms with E-state index in [0.717, 1.165) is 33.9 Å². The summed E-state index contributed by atoms with van der Waals surface area (Å²) in [5.74, 6) is -0.187. The zero-order valence-electron chi connectivity index (χ0n) is 19.7. The van der Waals surface area contributed by atoms with E-state index in [1.807, 2.05) is 20.9 Å². The van der Waals surface area contributed by atoms with Crippen molar-refractivity contribution in [1.29, 1.82) is 0 Å². The molecule has 180 valence electrons. The fourth-order valence-electron chi connectivity index (χ4n) is 4.49. The van der Waals surface area contributed by atoms with Crippen molar-refractivity contribution >= 4 is 34.4 Å². The van der Waals surface area contributed by atoms with Crippen LogP contribution in [0.3, 0.4) is 0 Å². The number of rotatable bonds is 5. The number of amides is 2. The van der Waals surface area contributed by atoms with Crippen LogP contribution in [0.4, 0.5) is 4.39 Å². The lowest BCUT2D eigenvalue weighted by atomic mass is 10.00. The second kappa shape index (κ2) is 9.58. The van der Waals surface area contributed by atoms with E-state index in [4.69, 9.17) is 16.3 Å². The molecule has 2 aromatic heterocycles. The molecule has 1 aliphatic rings. The molecule has 0 N–H and O–H groups in total. The summed E-state index contributed by atoms with van der Waals surface area (Å²) in [6.45, 7) is 5.63. The van der Waals surface area contributed by atoms with Crippen LogP contribution in [0.2, 0.25) is 5.02 Å². The van der Waals surface area contributed by atoms with Crippen molar-refractivity contribution in [3.63, 3.8) is 0 Å². The van der Waals surface area contributed by atoms with Gasteiger partial charge in [-0.05, 0) is 49.6 Å². The number of hydrogen-bond acceptors (Lipinski definition) is 5. The molecule has 0 aliphatic carbocycles. The van der Waals surface area contributed by atoms with E-state index in [2.05, 4.69) is 10.1 Å². The van der Waals surface area contributed by atoms with E-state index in [-0.39, 0.29) is 22.4 Å². The summed E-state index contributed by atoms with van der Waals surface area (Å²) in [6, 6.07) is 3.74. The molecule has 0 spiro atoms. The molecule has 8 nitrogen and oxygen atoms in total. The summed E-state index contributed by atoms with van der Waals surface area (Å²) in [5.41, 5.74) is 3.93. The van der Waals surface area contributed by atoms with Crippen LogP contribution < -0.4 is 4.74 Å². The van der Waals surface area contributed by atoms with Crippen molar-refractivity contribution in [3.8, 4) is 5.88 Å². The molecule has 0 saturated carbocycles. The van der Waals surface area contributed by atoms with Gasteiger partial charge in [-0.1, -0.05) is 11.6 Å². The summed E-state index contributed by atoms with van der Waals surface area (Å²) in [5, 5.41) is 5.32. The van der Waals surface area contributed by atoms with E-state index in [1.165, 1.54) is 12.1 Å². The largest absolute Gasteiger partial charge is 0.479 e. The third-order valence-corrected chi connectivity index (χ3v) is 6.70. The predicted octanol–water partition coefficient (Wildman–Crippen LogP) is 3.30. The number of fused-ring (bicyclic) bond motifs is 1. The molecule has 0 radical (unpaired) electrons. The highest BCUT2D eigenvalue weighted by molar-refractivity contribution is 6.33. The molecule has 0 atom stereocenters. The maximum absolute atomic E-state index is 13.3. The predicted molar refractivity (Wildman–Crippen MR) is 127 cm³/mol. The van der Waals surface area contributed by atoms with Gasteiger partial charge in [0.1, 0.15) is 5.82 Å². The van der Waals surface area contributed by atoms with Crippen molar-refractivity contribution in [2.45, 2.75) is 26.7 Å². The Hall–Kier alpha value is -3.20. The first-order chi connectivity index (χ1) is 16.2. The molecule has 1 aliphatic heterocycles. The van der Waals surface area contributed by atoms with Crippen LogP contribution in [0.25, 0.3) is 11.0 Å². The van der Waals surface area contributed by atoms with Gasteiger partial charge in [0.05, 0.1) is 23.1 Å². The number of halogens is 2. The number of pyridine rings is 1. The number of aromatic nitrogens is 3. The first-order valence-electron chi connectivity index (χ1n) is 11.1. The maximum Gasteiger partial charge on any atom is 0.255 e. The second-order valence-electron chi connectivity index (χ2n) is 8.43. The van der Waals surface area contributed by atoms with Gasteiger partial charge in [-0.3, -0.25) is 9.59 Å². The van der Waals surface area contributed by atoms with E-state index in [9.17, 15) is 14.0 Å². The van der Waals surface area contributed by atoms with Gasteiger partial charge in [0.15, 0.2) is 5.65 Å². The minimum Gasteiger partial charge on any atom is -0.479 e. The zero-order chi connectivity index (χ0) is 24.6. The minimum absolute atomic E-state index is 0.0314. The van der Waals surface area contributed by atoms with Gasteiger partial charge >= 0.3 is 0 Å². The van der Waals surface area contributed by atoms with E-state index in [1.54, 1.807) is 21.6 Å². The lowest BCUT2D eigenvalue weighted by Gasteiger charge is -2.35. The molecule has 1 fully saturated rings. The van der Waals surface area contributed by atoms with Crippen LogP contribution >= 0.6 is 11.6 Å². The van der Waals surface area contributed by atoms with Gasteiger partial charge < -0.3 is 14.5 Å². The molecular formula is C24H27ClFN5O3. The number of aryl methyl sites for hydroxylation is 3. The Bertz CT molecular complexity index is 1270. The Balaban J connectivity index is 1.39. The van der Waals surface area contributed by atoms with Crippen molar-refractivity contribution < 1.29 is 18.7 Å². The number of methoxy groups -OCH3 is 1. The highest BCUT2D eigenvalue weighted by Crippen LogP contribution is 2.30. The standard InChI is InChI=1S/C24H27ClFN5O3/c1-14-17(15(2)27-22-21(14)23(34-4)28-29(22)3)7-8-20(32)30-9-11-31(12-10-30)24(33)18-6-5-16(26)13-19(18)25/h5-6,13H,7-12H2,1-4H3. The van der Waals surface area contributed by atoms with Gasteiger partial charge in [0.25, 0.3) is 5.91 Å². The number of nitrogens with zero attached hydrogens (tertiary/aromatic N) is 5. The fraction of sp³-hybridized carbons (Fsp3) is 0.417. The average molecular weight is 488 g/mol. The smallest absolute Gasteiger partial charge is 0.255 e. The molecule has 1 aromatic carbocycles. The maximum atomic E-state index is 13.3. The lowest BCUT2D eigenvalue weighted by Crippen LogP contribution is -2.50. The third kappa shape index (κ3) is 4.44. The Morgan fingerprint density at radius 1 is 1.15 bits per heavy atom. The Morgan fingerprint density at radius 3 is 2.47 bits per heavy atom. The van der Waals surface area contributed by atoms with Crippen LogP contribution in [0.1, 0.15) is 33.6 Å². The first-order valence-corrected chi connectivity index (χ1v) is 11.5. The molecular weight excluding hydrogens is 461 g/mol. The highest BCUT2D eigenvalue weighted by Gasteiger charge is 2.26. The fourth-order valence-corrected chi connectivity index (χ4v) is 4.74. The van der Waals surface area contributed by atoms with Gasteiger partial charge in [0, 0.05) is 45.3 Å². The van der Waals surface area contributed by atoms with Crippen LogP contribution in [-0.4, -0.2) is 69.7 Å². The normalized spacial score (nSPS) is 14.1. The van der Waals surface area contributed by atoms with E-state index >= 15 is 0 Å². The zero-order valence-corrected chi connectivity index (χ0v) is 20.4. The van der Waals surface area contributed by atoms with Gasteiger partial charge in [-0.25, -0.2) is 14.1 Å². The summed E-state index contributed by atoms with van der Waals surface area (Å²) in [6.07, 6.45) is 0.900. The number of ether oxygens (including phenoxy) is 1. The molecule has 34 heavy (non-hydrogen) atoms. The number of carbonyl (C=O) groups is 2.